The first-order chi connectivity index (χ1) is 9.19. The molecule has 0 unspecified atom stereocenters. The maximum atomic E-state index is 6.30. The normalized spacial score (nSPS) is 23.3. The SMILES string of the molecule is CCNCc1ccc(OC2CCC(C)CC2)c(Cl)c1. The zero-order chi connectivity index (χ0) is 13.7. The van der Waals surface area contributed by atoms with Gasteiger partial charge in [0.1, 0.15) is 5.75 Å². The minimum atomic E-state index is 0.341. The van der Waals surface area contributed by atoms with E-state index in [0.29, 0.717) is 6.10 Å². The Morgan fingerprint density at radius 3 is 2.63 bits per heavy atom. The molecule has 1 fully saturated rings. The molecule has 1 saturated carbocycles. The van der Waals surface area contributed by atoms with Crippen LogP contribution in [-0.4, -0.2) is 12.6 Å². The van der Waals surface area contributed by atoms with Gasteiger partial charge in [-0.3, -0.25) is 0 Å². The predicted molar refractivity (Wildman–Crippen MR) is 80.9 cm³/mol. The van der Waals surface area contributed by atoms with Crippen LogP contribution in [0.5, 0.6) is 5.75 Å². The van der Waals surface area contributed by atoms with Crippen molar-refractivity contribution in [1.82, 2.24) is 5.32 Å². The summed E-state index contributed by atoms with van der Waals surface area (Å²) in [6.07, 6.45) is 5.17. The fraction of sp³-hybridized carbons (Fsp3) is 0.625. The quantitative estimate of drug-likeness (QED) is 0.863. The van der Waals surface area contributed by atoms with E-state index in [1.807, 2.05) is 12.1 Å². The number of ether oxygens (including phenoxy) is 1. The highest BCUT2D eigenvalue weighted by Crippen LogP contribution is 2.31. The van der Waals surface area contributed by atoms with Crippen LogP contribution in [0.25, 0.3) is 0 Å². The van der Waals surface area contributed by atoms with Gasteiger partial charge in [0.25, 0.3) is 0 Å². The van der Waals surface area contributed by atoms with Crippen LogP contribution < -0.4 is 10.1 Å². The highest BCUT2D eigenvalue weighted by atomic mass is 35.5. The van der Waals surface area contributed by atoms with E-state index in [-0.39, 0.29) is 0 Å². The lowest BCUT2D eigenvalue weighted by atomic mass is 9.89. The highest BCUT2D eigenvalue weighted by molar-refractivity contribution is 6.32. The maximum Gasteiger partial charge on any atom is 0.138 e. The molecule has 0 bridgehead atoms. The molecule has 3 heteroatoms. The number of nitrogens with one attached hydrogen (secondary N) is 1. The second kappa shape index (κ2) is 7.16. The Hall–Kier alpha value is -0.730. The lowest BCUT2D eigenvalue weighted by molar-refractivity contribution is 0.135. The van der Waals surface area contributed by atoms with Crippen LogP contribution in [-0.2, 0) is 6.54 Å². The van der Waals surface area contributed by atoms with Gasteiger partial charge < -0.3 is 10.1 Å². The van der Waals surface area contributed by atoms with Crippen LogP contribution in [0.2, 0.25) is 5.02 Å². The second-order valence-corrected chi connectivity index (χ2v) is 5.95. The first kappa shape index (κ1) is 14.7. The molecular weight excluding hydrogens is 258 g/mol. The summed E-state index contributed by atoms with van der Waals surface area (Å²) in [5, 5.41) is 4.03. The van der Waals surface area contributed by atoms with Gasteiger partial charge in [-0.1, -0.05) is 31.5 Å². The number of hydrogen-bond donors (Lipinski definition) is 1. The van der Waals surface area contributed by atoms with Gasteiger partial charge in [-0.25, -0.2) is 0 Å². The second-order valence-electron chi connectivity index (χ2n) is 5.54. The topological polar surface area (TPSA) is 21.3 Å². The molecule has 2 rings (SSSR count). The van der Waals surface area contributed by atoms with Gasteiger partial charge >= 0.3 is 0 Å². The molecule has 1 N–H and O–H groups in total. The van der Waals surface area contributed by atoms with E-state index in [4.69, 9.17) is 16.3 Å². The third-order valence-corrected chi connectivity index (χ3v) is 4.13. The molecule has 0 aromatic heterocycles. The Morgan fingerprint density at radius 2 is 2.00 bits per heavy atom. The first-order valence-corrected chi connectivity index (χ1v) is 7.72. The third kappa shape index (κ3) is 4.39. The van der Waals surface area contributed by atoms with Crippen molar-refractivity contribution in [2.45, 2.75) is 52.2 Å². The van der Waals surface area contributed by atoms with Crippen molar-refractivity contribution in [3.63, 3.8) is 0 Å². The Bertz CT molecular complexity index is 400. The lowest BCUT2D eigenvalue weighted by Gasteiger charge is -2.27. The summed E-state index contributed by atoms with van der Waals surface area (Å²) in [5.41, 5.74) is 1.21. The van der Waals surface area contributed by atoms with Crippen molar-refractivity contribution >= 4 is 11.6 Å². The average Bonchev–Trinajstić information content (AvgIpc) is 2.41. The van der Waals surface area contributed by atoms with Gasteiger partial charge in [-0.15, -0.1) is 0 Å². The zero-order valence-corrected chi connectivity index (χ0v) is 12.7. The molecule has 0 radical (unpaired) electrons. The molecule has 0 aliphatic heterocycles. The molecule has 19 heavy (non-hydrogen) atoms. The molecule has 0 heterocycles. The largest absolute Gasteiger partial charge is 0.489 e. The van der Waals surface area contributed by atoms with Crippen LogP contribution in [0.3, 0.4) is 0 Å². The summed E-state index contributed by atoms with van der Waals surface area (Å²) in [7, 11) is 0. The van der Waals surface area contributed by atoms with E-state index in [1.165, 1.54) is 18.4 Å². The number of halogens is 1. The predicted octanol–water partition coefficient (Wildman–Crippen LogP) is 4.41. The molecule has 1 aliphatic rings. The van der Waals surface area contributed by atoms with Crippen molar-refractivity contribution in [3.05, 3.63) is 28.8 Å². The molecule has 0 saturated heterocycles. The number of rotatable bonds is 5. The highest BCUT2D eigenvalue weighted by Gasteiger charge is 2.20. The summed E-state index contributed by atoms with van der Waals surface area (Å²) in [6.45, 7) is 6.25. The molecule has 0 amide bonds. The molecule has 2 nitrogen and oxygen atoms in total. The fourth-order valence-corrected chi connectivity index (χ4v) is 2.79. The van der Waals surface area contributed by atoms with Crippen molar-refractivity contribution in [2.24, 2.45) is 5.92 Å². The minimum absolute atomic E-state index is 0.341. The molecule has 1 aliphatic carbocycles. The van der Waals surface area contributed by atoms with E-state index in [9.17, 15) is 0 Å². The summed E-state index contributed by atoms with van der Waals surface area (Å²) < 4.78 is 6.04. The van der Waals surface area contributed by atoms with E-state index >= 15 is 0 Å². The maximum absolute atomic E-state index is 6.30. The van der Waals surface area contributed by atoms with Crippen molar-refractivity contribution < 1.29 is 4.74 Å². The van der Waals surface area contributed by atoms with Gasteiger partial charge in [-0.2, -0.15) is 0 Å². The molecule has 0 spiro atoms. The summed E-state index contributed by atoms with van der Waals surface area (Å²) in [6, 6.07) is 6.10. The van der Waals surface area contributed by atoms with Gasteiger partial charge in [-0.05, 0) is 55.8 Å². The minimum Gasteiger partial charge on any atom is -0.489 e. The van der Waals surface area contributed by atoms with E-state index < -0.39 is 0 Å². The van der Waals surface area contributed by atoms with E-state index in [2.05, 4.69) is 25.2 Å². The van der Waals surface area contributed by atoms with Crippen molar-refractivity contribution in [1.29, 1.82) is 0 Å². The Kier molecular flexibility index (Phi) is 5.53. The molecule has 0 atom stereocenters. The van der Waals surface area contributed by atoms with E-state index in [1.54, 1.807) is 0 Å². The van der Waals surface area contributed by atoms with Crippen molar-refractivity contribution in [3.8, 4) is 5.75 Å². The third-order valence-electron chi connectivity index (χ3n) is 3.83. The van der Waals surface area contributed by atoms with E-state index in [0.717, 1.165) is 42.6 Å². The number of benzene rings is 1. The van der Waals surface area contributed by atoms with Gasteiger partial charge in [0, 0.05) is 6.54 Å². The number of hydrogen-bond acceptors (Lipinski definition) is 2. The summed E-state index contributed by atoms with van der Waals surface area (Å²) in [4.78, 5) is 0. The molecule has 1 aromatic rings. The smallest absolute Gasteiger partial charge is 0.138 e. The van der Waals surface area contributed by atoms with Crippen LogP contribution in [0.1, 0.15) is 45.1 Å². The Balaban J connectivity index is 1.93. The Labute approximate surface area is 121 Å². The average molecular weight is 282 g/mol. The molecular formula is C16H24ClNO. The van der Waals surface area contributed by atoms with Crippen LogP contribution in [0.4, 0.5) is 0 Å². The standard InChI is InChI=1S/C16H24ClNO/c1-3-18-11-13-6-9-16(15(17)10-13)19-14-7-4-12(2)5-8-14/h6,9-10,12,14,18H,3-5,7-8,11H2,1-2H3. The van der Waals surface area contributed by atoms with Crippen LogP contribution in [0, 0.1) is 5.92 Å². The lowest BCUT2D eigenvalue weighted by Crippen LogP contribution is -2.23. The van der Waals surface area contributed by atoms with Gasteiger partial charge in [0.05, 0.1) is 11.1 Å². The summed E-state index contributed by atoms with van der Waals surface area (Å²) >= 11 is 6.30. The first-order valence-electron chi connectivity index (χ1n) is 7.34. The monoisotopic (exact) mass is 281 g/mol. The molecule has 1 aromatic carbocycles. The van der Waals surface area contributed by atoms with Gasteiger partial charge in [0.2, 0.25) is 0 Å². The fourth-order valence-electron chi connectivity index (χ4n) is 2.55. The van der Waals surface area contributed by atoms with Crippen LogP contribution in [0.15, 0.2) is 18.2 Å². The zero-order valence-electron chi connectivity index (χ0n) is 11.9. The molecule has 106 valence electrons. The Morgan fingerprint density at radius 1 is 1.26 bits per heavy atom. The van der Waals surface area contributed by atoms with Crippen molar-refractivity contribution in [2.75, 3.05) is 6.54 Å². The summed E-state index contributed by atoms with van der Waals surface area (Å²) in [5.74, 6) is 1.68. The van der Waals surface area contributed by atoms with Gasteiger partial charge in [0.15, 0.2) is 0 Å². The van der Waals surface area contributed by atoms with Crippen LogP contribution >= 0.6 is 11.6 Å².